The molecule has 0 radical (unpaired) electrons. The van der Waals surface area contributed by atoms with E-state index < -0.39 is 0 Å². The van der Waals surface area contributed by atoms with Crippen LogP contribution < -0.4 is 5.32 Å². The van der Waals surface area contributed by atoms with Crippen LogP contribution in [0.25, 0.3) is 0 Å². The van der Waals surface area contributed by atoms with Gasteiger partial charge in [-0.2, -0.15) is 0 Å². The molecular weight excluding hydrogens is 286 g/mol. The lowest BCUT2D eigenvalue weighted by molar-refractivity contribution is 0.143. The maximum absolute atomic E-state index is 12.8. The van der Waals surface area contributed by atoms with Gasteiger partial charge in [0.1, 0.15) is 0 Å². The molecule has 1 atom stereocenters. The lowest BCUT2D eigenvalue weighted by Gasteiger charge is -2.39. The highest BCUT2D eigenvalue weighted by atomic mass is 16.2. The highest BCUT2D eigenvalue weighted by Crippen LogP contribution is 2.33. The van der Waals surface area contributed by atoms with Crippen molar-refractivity contribution in [3.05, 3.63) is 53.3 Å². The number of fused-ring (bicyclic) bond motifs is 1. The maximum Gasteiger partial charge on any atom is 0.322 e. The molecule has 4 heteroatoms. The molecule has 0 saturated heterocycles. The molecule has 2 aromatic rings. The van der Waals surface area contributed by atoms with Crippen molar-refractivity contribution in [1.29, 1.82) is 0 Å². The molecule has 1 aromatic heterocycles. The number of hydrogen-bond donors (Lipinski definition) is 1. The minimum atomic E-state index is -0.0144. The van der Waals surface area contributed by atoms with E-state index in [2.05, 4.69) is 42.8 Å². The number of aryl methyl sites for hydroxylation is 2. The van der Waals surface area contributed by atoms with Gasteiger partial charge >= 0.3 is 6.03 Å². The monoisotopic (exact) mass is 311 g/mol. The third-order valence-corrected chi connectivity index (χ3v) is 4.60. The molecule has 1 aromatic carbocycles. The zero-order chi connectivity index (χ0) is 16.6. The van der Waals surface area contributed by atoms with Gasteiger partial charge in [-0.1, -0.05) is 26.0 Å². The van der Waals surface area contributed by atoms with Crippen molar-refractivity contribution in [3.63, 3.8) is 0 Å². The third-order valence-electron chi connectivity index (χ3n) is 4.60. The average molecular weight is 311 g/mol. The van der Waals surface area contributed by atoms with E-state index in [1.807, 2.05) is 36.1 Å². The van der Waals surface area contributed by atoms with Crippen LogP contribution >= 0.6 is 0 Å². The van der Waals surface area contributed by atoms with Crippen molar-refractivity contribution < 1.29 is 4.79 Å². The summed E-state index contributed by atoms with van der Waals surface area (Å²) in [5.41, 5.74) is 4.51. The van der Waals surface area contributed by atoms with E-state index in [4.69, 9.17) is 0 Å². The van der Waals surface area contributed by atoms with E-state index in [-0.39, 0.29) is 12.1 Å². The van der Waals surface area contributed by atoms with Gasteiger partial charge in [-0.15, -0.1) is 0 Å². The average Bonchev–Trinajstić information content (AvgIpc) is 2.87. The van der Waals surface area contributed by atoms with E-state index in [9.17, 15) is 4.79 Å². The predicted octanol–water partition coefficient (Wildman–Crippen LogP) is 4.35. The number of benzene rings is 1. The van der Waals surface area contributed by atoms with E-state index in [1.165, 1.54) is 11.4 Å². The Balaban J connectivity index is 1.85. The van der Waals surface area contributed by atoms with E-state index >= 15 is 0 Å². The van der Waals surface area contributed by atoms with Gasteiger partial charge < -0.3 is 14.8 Å². The summed E-state index contributed by atoms with van der Waals surface area (Å²) in [6.07, 6.45) is 0. The highest BCUT2D eigenvalue weighted by molar-refractivity contribution is 5.89. The predicted molar refractivity (Wildman–Crippen MR) is 93.7 cm³/mol. The fourth-order valence-electron chi connectivity index (χ4n) is 3.51. The molecule has 0 saturated carbocycles. The molecule has 1 unspecified atom stereocenters. The quantitative estimate of drug-likeness (QED) is 0.879. The van der Waals surface area contributed by atoms with Gasteiger partial charge in [-0.25, -0.2) is 4.79 Å². The van der Waals surface area contributed by atoms with Crippen LogP contribution in [0.1, 0.15) is 36.8 Å². The minimum absolute atomic E-state index is 0.0144. The van der Waals surface area contributed by atoms with Gasteiger partial charge in [0.05, 0.1) is 6.04 Å². The van der Waals surface area contributed by atoms with Crippen LogP contribution in [-0.4, -0.2) is 22.0 Å². The molecule has 1 aliphatic heterocycles. The number of nitrogens with zero attached hydrogens (tertiary/aromatic N) is 2. The molecule has 1 aliphatic rings. The van der Waals surface area contributed by atoms with Gasteiger partial charge in [-0.3, -0.25) is 0 Å². The van der Waals surface area contributed by atoms with Crippen molar-refractivity contribution in [1.82, 2.24) is 9.47 Å². The Kier molecular flexibility index (Phi) is 4.16. The summed E-state index contributed by atoms with van der Waals surface area (Å²) in [5.74, 6) is 0.367. The van der Waals surface area contributed by atoms with E-state index in [0.717, 1.165) is 24.3 Å². The first-order valence-corrected chi connectivity index (χ1v) is 8.27. The Bertz CT molecular complexity index is 717. The molecule has 2 heterocycles. The van der Waals surface area contributed by atoms with E-state index in [0.29, 0.717) is 5.92 Å². The maximum atomic E-state index is 12.8. The molecule has 1 N–H and O–H groups in total. The zero-order valence-corrected chi connectivity index (χ0v) is 14.3. The zero-order valence-electron chi connectivity index (χ0n) is 14.3. The number of urea groups is 1. The van der Waals surface area contributed by atoms with Crippen LogP contribution in [0.15, 0.2) is 36.4 Å². The highest BCUT2D eigenvalue weighted by Gasteiger charge is 2.33. The van der Waals surface area contributed by atoms with Crippen LogP contribution in [0, 0.1) is 19.8 Å². The van der Waals surface area contributed by atoms with Gasteiger partial charge in [-0.05, 0) is 49.6 Å². The summed E-state index contributed by atoms with van der Waals surface area (Å²) in [7, 11) is 0. The Morgan fingerprint density at radius 2 is 1.96 bits per heavy atom. The standard InChI is InChI=1S/C19H25N3O/c1-13(2)18-17-9-8-15(4)21(17)10-11-22(18)19(23)20-16-7-5-6-14(3)12-16/h5-9,12-13,18H,10-11H2,1-4H3,(H,20,23). The molecule has 0 fully saturated rings. The largest absolute Gasteiger partial charge is 0.345 e. The number of anilines is 1. The first-order valence-electron chi connectivity index (χ1n) is 8.27. The number of carbonyl (C=O) groups excluding carboxylic acids is 1. The summed E-state index contributed by atoms with van der Waals surface area (Å²) in [4.78, 5) is 14.8. The van der Waals surface area contributed by atoms with Gasteiger partial charge in [0.2, 0.25) is 0 Å². The first kappa shape index (κ1) is 15.7. The summed E-state index contributed by atoms with van der Waals surface area (Å²) in [5, 5.41) is 3.05. The van der Waals surface area contributed by atoms with Gasteiger partial charge in [0, 0.05) is 30.2 Å². The number of nitrogens with one attached hydrogen (secondary N) is 1. The van der Waals surface area contributed by atoms with Crippen LogP contribution in [0.4, 0.5) is 10.5 Å². The molecule has 2 amide bonds. The molecular formula is C19H25N3O. The molecule has 3 rings (SSSR count). The second-order valence-corrected chi connectivity index (χ2v) is 6.73. The Morgan fingerprint density at radius 1 is 1.17 bits per heavy atom. The van der Waals surface area contributed by atoms with Crippen LogP contribution in [0.5, 0.6) is 0 Å². The van der Waals surface area contributed by atoms with Crippen molar-refractivity contribution in [3.8, 4) is 0 Å². The lowest BCUT2D eigenvalue weighted by Crippen LogP contribution is -2.46. The fraction of sp³-hybridized carbons (Fsp3) is 0.421. The second-order valence-electron chi connectivity index (χ2n) is 6.73. The van der Waals surface area contributed by atoms with Gasteiger partial charge in [0.15, 0.2) is 0 Å². The summed E-state index contributed by atoms with van der Waals surface area (Å²) < 4.78 is 2.33. The summed E-state index contributed by atoms with van der Waals surface area (Å²) >= 11 is 0. The topological polar surface area (TPSA) is 37.3 Å². The number of aromatic nitrogens is 1. The van der Waals surface area contributed by atoms with Crippen LogP contribution in [0.2, 0.25) is 0 Å². The smallest absolute Gasteiger partial charge is 0.322 e. The SMILES string of the molecule is Cc1cccc(NC(=O)N2CCn3c(C)ccc3C2C(C)C)c1. The molecule has 0 aliphatic carbocycles. The number of rotatable bonds is 2. The van der Waals surface area contributed by atoms with Crippen molar-refractivity contribution >= 4 is 11.7 Å². The fourth-order valence-corrected chi connectivity index (χ4v) is 3.51. The second kappa shape index (κ2) is 6.11. The molecule has 0 bridgehead atoms. The molecule has 4 nitrogen and oxygen atoms in total. The molecule has 122 valence electrons. The summed E-state index contributed by atoms with van der Waals surface area (Å²) in [6.45, 7) is 10.1. The third kappa shape index (κ3) is 2.98. The summed E-state index contributed by atoms with van der Waals surface area (Å²) in [6, 6.07) is 12.3. The minimum Gasteiger partial charge on any atom is -0.345 e. The lowest BCUT2D eigenvalue weighted by atomic mass is 9.97. The van der Waals surface area contributed by atoms with Crippen LogP contribution in [0.3, 0.4) is 0 Å². The Hall–Kier alpha value is -2.23. The number of carbonyl (C=O) groups is 1. The van der Waals surface area contributed by atoms with Crippen molar-refractivity contribution in [2.75, 3.05) is 11.9 Å². The van der Waals surface area contributed by atoms with E-state index in [1.54, 1.807) is 0 Å². The van der Waals surface area contributed by atoms with Crippen LogP contribution in [-0.2, 0) is 6.54 Å². The Labute approximate surface area is 138 Å². The first-order chi connectivity index (χ1) is 11.0. The molecule has 0 spiro atoms. The Morgan fingerprint density at radius 3 is 2.65 bits per heavy atom. The van der Waals surface area contributed by atoms with Gasteiger partial charge in [0.25, 0.3) is 0 Å². The molecule has 23 heavy (non-hydrogen) atoms. The number of amides is 2. The van der Waals surface area contributed by atoms with Crippen molar-refractivity contribution in [2.45, 2.75) is 40.3 Å². The normalized spacial score (nSPS) is 17.3. The number of hydrogen-bond acceptors (Lipinski definition) is 1. The van der Waals surface area contributed by atoms with Crippen molar-refractivity contribution in [2.24, 2.45) is 5.92 Å².